The summed E-state index contributed by atoms with van der Waals surface area (Å²) in [4.78, 5) is 15.3. The molecule has 1 atom stereocenters. The molecule has 3 rings (SSSR count). The monoisotopic (exact) mass is 302 g/mol. The Balaban J connectivity index is 1.78. The summed E-state index contributed by atoms with van der Waals surface area (Å²) in [6.45, 7) is 1.75. The zero-order valence-corrected chi connectivity index (χ0v) is 13.0. The van der Waals surface area contributed by atoms with Gasteiger partial charge < -0.3 is 10.6 Å². The summed E-state index contributed by atoms with van der Waals surface area (Å²) < 4.78 is 0. The van der Waals surface area contributed by atoms with Gasteiger partial charge in [0.25, 0.3) is 0 Å². The molecule has 2 N–H and O–H groups in total. The molecule has 112 valence electrons. The predicted molar refractivity (Wildman–Crippen MR) is 88.0 cm³/mol. The molecule has 21 heavy (non-hydrogen) atoms. The third-order valence-electron chi connectivity index (χ3n) is 4.33. The van der Waals surface area contributed by atoms with E-state index in [-0.39, 0.29) is 10.9 Å². The highest BCUT2D eigenvalue weighted by atomic mass is 32.1. The molecular weight excluding hydrogens is 280 g/mol. The molecule has 3 nitrogen and oxygen atoms in total. The number of hydrogen-bond acceptors (Lipinski definition) is 2. The van der Waals surface area contributed by atoms with Crippen LogP contribution in [0.25, 0.3) is 0 Å². The number of nitrogens with two attached hydrogens (primary N) is 1. The van der Waals surface area contributed by atoms with Crippen LogP contribution in [-0.4, -0.2) is 28.9 Å². The Morgan fingerprint density at radius 3 is 2.10 bits per heavy atom. The van der Waals surface area contributed by atoms with Crippen molar-refractivity contribution in [2.24, 2.45) is 17.6 Å². The molecule has 2 fully saturated rings. The minimum atomic E-state index is -0.473. The van der Waals surface area contributed by atoms with E-state index >= 15 is 0 Å². The maximum atomic E-state index is 13.0. The standard InChI is InChI=1S/C17H22N2OS/c18-16(21)15(14-4-2-1-3-5-14)17(20)19(10-12-6-7-12)11-13-8-9-13/h1-5,12-13,15H,6-11H2,(H2,18,21). The van der Waals surface area contributed by atoms with Crippen LogP contribution in [0.2, 0.25) is 0 Å². The molecule has 2 aliphatic carbocycles. The summed E-state index contributed by atoms with van der Waals surface area (Å²) in [7, 11) is 0. The molecule has 2 saturated carbocycles. The van der Waals surface area contributed by atoms with Gasteiger partial charge in [0.2, 0.25) is 5.91 Å². The Labute approximate surface area is 131 Å². The highest BCUT2D eigenvalue weighted by Crippen LogP contribution is 2.35. The van der Waals surface area contributed by atoms with E-state index in [2.05, 4.69) is 0 Å². The van der Waals surface area contributed by atoms with Crippen LogP contribution >= 0.6 is 12.2 Å². The van der Waals surface area contributed by atoms with Gasteiger partial charge >= 0.3 is 0 Å². The Hall–Kier alpha value is -1.42. The Morgan fingerprint density at radius 2 is 1.67 bits per heavy atom. The SMILES string of the molecule is NC(=S)C(C(=O)N(CC1CC1)CC1CC1)c1ccccc1. The predicted octanol–water partition coefficient (Wildman–Crippen LogP) is 2.70. The van der Waals surface area contributed by atoms with Gasteiger partial charge in [0.1, 0.15) is 5.92 Å². The molecule has 0 saturated heterocycles. The minimum Gasteiger partial charge on any atom is -0.392 e. The van der Waals surface area contributed by atoms with E-state index in [0.29, 0.717) is 11.8 Å². The topological polar surface area (TPSA) is 46.3 Å². The molecule has 0 spiro atoms. The summed E-state index contributed by atoms with van der Waals surface area (Å²) in [5.74, 6) is 0.997. The maximum Gasteiger partial charge on any atom is 0.237 e. The molecular formula is C17H22N2OS. The molecule has 1 aromatic carbocycles. The van der Waals surface area contributed by atoms with Crippen molar-refractivity contribution in [3.05, 3.63) is 35.9 Å². The third-order valence-corrected chi connectivity index (χ3v) is 4.56. The second-order valence-electron chi connectivity index (χ2n) is 6.38. The first kappa shape index (κ1) is 14.5. The van der Waals surface area contributed by atoms with Gasteiger partial charge in [-0.05, 0) is 43.1 Å². The number of carbonyl (C=O) groups is 1. The van der Waals surface area contributed by atoms with Crippen LogP contribution < -0.4 is 5.73 Å². The van der Waals surface area contributed by atoms with Crippen LogP contribution in [0.5, 0.6) is 0 Å². The maximum absolute atomic E-state index is 13.0. The minimum absolute atomic E-state index is 0.0903. The molecule has 1 aromatic rings. The second-order valence-corrected chi connectivity index (χ2v) is 6.85. The lowest BCUT2D eigenvalue weighted by Crippen LogP contribution is -2.42. The highest BCUT2D eigenvalue weighted by Gasteiger charge is 2.35. The zero-order valence-electron chi connectivity index (χ0n) is 12.2. The van der Waals surface area contributed by atoms with Crippen molar-refractivity contribution < 1.29 is 4.79 Å². The van der Waals surface area contributed by atoms with E-state index in [1.54, 1.807) is 0 Å². The number of thiocarbonyl (C=S) groups is 1. The largest absolute Gasteiger partial charge is 0.392 e. The molecule has 2 aliphatic rings. The summed E-state index contributed by atoms with van der Waals surface area (Å²) in [6, 6.07) is 9.68. The normalized spacial score (nSPS) is 19.0. The van der Waals surface area contributed by atoms with Crippen molar-refractivity contribution in [2.45, 2.75) is 31.6 Å². The van der Waals surface area contributed by atoms with Gasteiger partial charge in [0.15, 0.2) is 0 Å². The van der Waals surface area contributed by atoms with Crippen molar-refractivity contribution in [3.8, 4) is 0 Å². The lowest BCUT2D eigenvalue weighted by molar-refractivity contribution is -0.131. The van der Waals surface area contributed by atoms with Crippen LogP contribution in [-0.2, 0) is 4.79 Å². The fourth-order valence-electron chi connectivity index (χ4n) is 2.74. The van der Waals surface area contributed by atoms with Gasteiger partial charge in [-0.1, -0.05) is 42.5 Å². The van der Waals surface area contributed by atoms with E-state index in [0.717, 1.165) is 18.7 Å². The van der Waals surface area contributed by atoms with Gasteiger partial charge in [-0.25, -0.2) is 0 Å². The average molecular weight is 302 g/mol. The zero-order chi connectivity index (χ0) is 14.8. The Morgan fingerprint density at radius 1 is 1.14 bits per heavy atom. The van der Waals surface area contributed by atoms with Crippen molar-refractivity contribution in [1.82, 2.24) is 4.90 Å². The summed E-state index contributed by atoms with van der Waals surface area (Å²) in [5, 5.41) is 0. The van der Waals surface area contributed by atoms with E-state index in [4.69, 9.17) is 18.0 Å². The number of nitrogens with zero attached hydrogens (tertiary/aromatic N) is 1. The van der Waals surface area contributed by atoms with Crippen molar-refractivity contribution in [3.63, 3.8) is 0 Å². The number of hydrogen-bond donors (Lipinski definition) is 1. The molecule has 0 aliphatic heterocycles. The summed E-state index contributed by atoms with van der Waals surface area (Å²) in [5.41, 5.74) is 6.79. The lowest BCUT2D eigenvalue weighted by atomic mass is 9.97. The van der Waals surface area contributed by atoms with E-state index in [9.17, 15) is 4.79 Å². The van der Waals surface area contributed by atoms with E-state index in [1.165, 1.54) is 25.7 Å². The van der Waals surface area contributed by atoms with Crippen molar-refractivity contribution in [2.75, 3.05) is 13.1 Å². The smallest absolute Gasteiger partial charge is 0.237 e. The van der Waals surface area contributed by atoms with Crippen molar-refractivity contribution >= 4 is 23.1 Å². The van der Waals surface area contributed by atoms with E-state index < -0.39 is 5.92 Å². The summed E-state index contributed by atoms with van der Waals surface area (Å²) >= 11 is 5.18. The van der Waals surface area contributed by atoms with Gasteiger partial charge in [-0.3, -0.25) is 4.79 Å². The summed E-state index contributed by atoms with van der Waals surface area (Å²) in [6.07, 6.45) is 4.99. The molecule has 1 unspecified atom stereocenters. The Bertz CT molecular complexity index is 509. The fraction of sp³-hybridized carbons (Fsp3) is 0.529. The number of carbonyl (C=O) groups excluding carboxylic acids is 1. The quantitative estimate of drug-likeness (QED) is 0.788. The number of amides is 1. The molecule has 0 aromatic heterocycles. The van der Waals surface area contributed by atoms with Gasteiger partial charge in [-0.15, -0.1) is 0 Å². The molecule has 1 amide bonds. The first-order valence-electron chi connectivity index (χ1n) is 7.78. The van der Waals surface area contributed by atoms with Gasteiger partial charge in [-0.2, -0.15) is 0 Å². The van der Waals surface area contributed by atoms with Crippen molar-refractivity contribution in [1.29, 1.82) is 0 Å². The second kappa shape index (κ2) is 6.14. The first-order chi connectivity index (χ1) is 10.1. The van der Waals surface area contributed by atoms with Crippen LogP contribution in [0.3, 0.4) is 0 Å². The number of benzene rings is 1. The lowest BCUT2D eigenvalue weighted by Gasteiger charge is -2.27. The van der Waals surface area contributed by atoms with Crippen LogP contribution in [0.15, 0.2) is 30.3 Å². The molecule has 0 radical (unpaired) electrons. The molecule has 0 heterocycles. The first-order valence-corrected chi connectivity index (χ1v) is 8.19. The third kappa shape index (κ3) is 3.82. The highest BCUT2D eigenvalue weighted by molar-refractivity contribution is 7.80. The van der Waals surface area contributed by atoms with Gasteiger partial charge in [0.05, 0.1) is 4.99 Å². The fourth-order valence-corrected chi connectivity index (χ4v) is 2.97. The Kier molecular flexibility index (Phi) is 4.24. The average Bonchev–Trinajstić information content (AvgIpc) is 3.34. The molecule has 4 heteroatoms. The van der Waals surface area contributed by atoms with Gasteiger partial charge in [0, 0.05) is 13.1 Å². The molecule has 0 bridgehead atoms. The van der Waals surface area contributed by atoms with Crippen LogP contribution in [0.1, 0.15) is 37.2 Å². The number of rotatable bonds is 7. The van der Waals surface area contributed by atoms with E-state index in [1.807, 2.05) is 35.2 Å². The van der Waals surface area contributed by atoms with Crippen LogP contribution in [0.4, 0.5) is 0 Å². The van der Waals surface area contributed by atoms with Crippen LogP contribution in [0, 0.1) is 11.8 Å².